The third-order valence-electron chi connectivity index (χ3n) is 1.68. The van der Waals surface area contributed by atoms with Gasteiger partial charge in [0.05, 0.1) is 6.54 Å². The lowest BCUT2D eigenvalue weighted by Crippen LogP contribution is -2.40. The second-order valence-corrected chi connectivity index (χ2v) is 2.38. The Kier molecular flexibility index (Phi) is 2.85. The van der Waals surface area contributed by atoms with E-state index in [-0.39, 0.29) is 6.54 Å². The van der Waals surface area contributed by atoms with Crippen molar-refractivity contribution in [3.05, 3.63) is 0 Å². The molecule has 70 valence electrons. The number of methoxy groups -OCH3 is 2. The highest BCUT2D eigenvalue weighted by Gasteiger charge is 2.33. The first-order valence-electron chi connectivity index (χ1n) is 3.53. The first-order chi connectivity index (χ1) is 5.70. The third kappa shape index (κ3) is 1.50. The standard InChI is InChI=1S/C6H12N2O4/c1-11-6(12-2)7-3-4-8(10)5(7)9/h6,10H,3-4H2,1-2H3. The zero-order valence-corrected chi connectivity index (χ0v) is 7.06. The van der Waals surface area contributed by atoms with Gasteiger partial charge in [-0.1, -0.05) is 0 Å². The van der Waals surface area contributed by atoms with Crippen molar-refractivity contribution >= 4 is 6.03 Å². The van der Waals surface area contributed by atoms with E-state index < -0.39 is 12.4 Å². The molecule has 1 aliphatic heterocycles. The summed E-state index contributed by atoms with van der Waals surface area (Å²) < 4.78 is 9.69. The molecule has 1 aliphatic rings. The van der Waals surface area contributed by atoms with Gasteiger partial charge in [-0.2, -0.15) is 0 Å². The van der Waals surface area contributed by atoms with Crippen molar-refractivity contribution < 1.29 is 19.5 Å². The molecule has 6 nitrogen and oxygen atoms in total. The SMILES string of the molecule is COC(OC)N1CCN(O)C1=O. The Morgan fingerprint density at radius 1 is 1.42 bits per heavy atom. The lowest BCUT2D eigenvalue weighted by Gasteiger charge is -2.23. The van der Waals surface area contributed by atoms with Crippen LogP contribution in [0.4, 0.5) is 4.79 Å². The summed E-state index contributed by atoms with van der Waals surface area (Å²) >= 11 is 0. The normalized spacial score (nSPS) is 18.2. The predicted octanol–water partition coefficient (Wildman–Crippen LogP) is -0.310. The molecular weight excluding hydrogens is 164 g/mol. The van der Waals surface area contributed by atoms with Crippen LogP contribution < -0.4 is 0 Å². The van der Waals surface area contributed by atoms with Crippen LogP contribution in [0.2, 0.25) is 0 Å². The fourth-order valence-electron chi connectivity index (χ4n) is 1.09. The van der Waals surface area contributed by atoms with Crippen LogP contribution in [0.3, 0.4) is 0 Å². The fraction of sp³-hybridized carbons (Fsp3) is 0.833. The maximum absolute atomic E-state index is 11.1. The second-order valence-electron chi connectivity index (χ2n) is 2.38. The summed E-state index contributed by atoms with van der Waals surface area (Å²) in [6.07, 6.45) is -0.713. The van der Waals surface area contributed by atoms with Crippen LogP contribution in [0.5, 0.6) is 0 Å². The van der Waals surface area contributed by atoms with Gasteiger partial charge in [-0.25, -0.2) is 9.86 Å². The van der Waals surface area contributed by atoms with Gasteiger partial charge in [0.2, 0.25) is 6.41 Å². The van der Waals surface area contributed by atoms with E-state index in [0.29, 0.717) is 11.6 Å². The van der Waals surface area contributed by atoms with Crippen LogP contribution in [-0.2, 0) is 9.47 Å². The molecule has 0 aromatic carbocycles. The molecule has 6 heteroatoms. The molecular formula is C6H12N2O4. The van der Waals surface area contributed by atoms with Crippen molar-refractivity contribution in [2.24, 2.45) is 0 Å². The zero-order chi connectivity index (χ0) is 9.14. The molecule has 0 aromatic rings. The van der Waals surface area contributed by atoms with E-state index in [1.54, 1.807) is 0 Å². The quantitative estimate of drug-likeness (QED) is 0.473. The van der Waals surface area contributed by atoms with Crippen LogP contribution in [0.15, 0.2) is 0 Å². The molecule has 0 unspecified atom stereocenters. The zero-order valence-electron chi connectivity index (χ0n) is 7.06. The first-order valence-corrected chi connectivity index (χ1v) is 3.53. The minimum absolute atomic E-state index is 0.280. The molecule has 1 heterocycles. The lowest BCUT2D eigenvalue weighted by atomic mass is 10.6. The van der Waals surface area contributed by atoms with E-state index in [1.165, 1.54) is 19.1 Å². The Morgan fingerprint density at radius 2 is 2.00 bits per heavy atom. The molecule has 0 bridgehead atoms. The van der Waals surface area contributed by atoms with Crippen molar-refractivity contribution in [2.75, 3.05) is 27.3 Å². The minimum Gasteiger partial charge on any atom is -0.338 e. The summed E-state index contributed by atoms with van der Waals surface area (Å²) in [4.78, 5) is 12.4. The van der Waals surface area contributed by atoms with Crippen LogP contribution >= 0.6 is 0 Å². The maximum Gasteiger partial charge on any atom is 0.347 e. The maximum atomic E-state index is 11.1. The van der Waals surface area contributed by atoms with Crippen LogP contribution in [-0.4, -0.2) is 54.9 Å². The Hall–Kier alpha value is -0.850. The minimum atomic E-state index is -0.713. The van der Waals surface area contributed by atoms with Crippen molar-refractivity contribution in [1.82, 2.24) is 9.96 Å². The second kappa shape index (κ2) is 3.70. The number of hydroxylamine groups is 2. The van der Waals surface area contributed by atoms with Crippen LogP contribution in [0, 0.1) is 0 Å². The van der Waals surface area contributed by atoms with Gasteiger partial charge in [-0.05, 0) is 0 Å². The number of hydrogen-bond acceptors (Lipinski definition) is 4. The van der Waals surface area contributed by atoms with E-state index in [1.807, 2.05) is 0 Å². The smallest absolute Gasteiger partial charge is 0.338 e. The van der Waals surface area contributed by atoms with Gasteiger partial charge >= 0.3 is 6.03 Å². The van der Waals surface area contributed by atoms with Gasteiger partial charge in [0.15, 0.2) is 0 Å². The summed E-state index contributed by atoms with van der Waals surface area (Å²) in [7, 11) is 2.86. The topological polar surface area (TPSA) is 62.2 Å². The van der Waals surface area contributed by atoms with E-state index in [9.17, 15) is 4.79 Å². The molecule has 2 amide bonds. The van der Waals surface area contributed by atoms with Gasteiger partial charge in [-0.15, -0.1) is 0 Å². The van der Waals surface area contributed by atoms with E-state index in [4.69, 9.17) is 14.7 Å². The lowest BCUT2D eigenvalue weighted by molar-refractivity contribution is -0.174. The Labute approximate surface area is 70.2 Å². The van der Waals surface area contributed by atoms with Gasteiger partial charge in [0, 0.05) is 20.8 Å². The molecule has 1 fully saturated rings. The van der Waals surface area contributed by atoms with Crippen LogP contribution in [0.25, 0.3) is 0 Å². The molecule has 0 aromatic heterocycles. The molecule has 0 saturated carbocycles. The summed E-state index contributed by atoms with van der Waals surface area (Å²) in [5.41, 5.74) is 0. The highest BCUT2D eigenvalue weighted by atomic mass is 16.7. The molecule has 0 atom stereocenters. The van der Waals surface area contributed by atoms with E-state index >= 15 is 0 Å². The molecule has 0 radical (unpaired) electrons. The molecule has 0 spiro atoms. The number of nitrogens with zero attached hydrogens (tertiary/aromatic N) is 2. The molecule has 1 rings (SSSR count). The highest BCUT2D eigenvalue weighted by molar-refractivity contribution is 5.75. The van der Waals surface area contributed by atoms with Crippen molar-refractivity contribution in [2.45, 2.75) is 6.41 Å². The van der Waals surface area contributed by atoms with Gasteiger partial charge in [0.25, 0.3) is 0 Å². The predicted molar refractivity (Wildman–Crippen MR) is 38.4 cm³/mol. The van der Waals surface area contributed by atoms with Gasteiger partial charge in [0.1, 0.15) is 0 Å². The number of carbonyl (C=O) groups is 1. The number of carbonyl (C=O) groups excluding carboxylic acids is 1. The summed E-state index contributed by atoms with van der Waals surface area (Å²) in [5.74, 6) is 0. The molecule has 1 N–H and O–H groups in total. The van der Waals surface area contributed by atoms with E-state index in [0.717, 1.165) is 0 Å². The summed E-state index contributed by atoms with van der Waals surface area (Å²) in [6, 6.07) is -0.497. The summed E-state index contributed by atoms with van der Waals surface area (Å²) in [6.45, 7) is 0.684. The summed E-state index contributed by atoms with van der Waals surface area (Å²) in [5, 5.41) is 9.57. The Bertz CT molecular complexity index is 171. The van der Waals surface area contributed by atoms with E-state index in [2.05, 4.69) is 0 Å². The molecule has 12 heavy (non-hydrogen) atoms. The third-order valence-corrected chi connectivity index (χ3v) is 1.68. The van der Waals surface area contributed by atoms with Crippen molar-refractivity contribution in [3.63, 3.8) is 0 Å². The largest absolute Gasteiger partial charge is 0.347 e. The number of amides is 2. The van der Waals surface area contributed by atoms with Crippen molar-refractivity contribution in [3.8, 4) is 0 Å². The number of hydrogen-bond donors (Lipinski definition) is 1. The average molecular weight is 176 g/mol. The molecule has 0 aliphatic carbocycles. The molecule has 1 saturated heterocycles. The van der Waals surface area contributed by atoms with Gasteiger partial charge in [-0.3, -0.25) is 10.1 Å². The fourth-order valence-corrected chi connectivity index (χ4v) is 1.09. The van der Waals surface area contributed by atoms with Gasteiger partial charge < -0.3 is 9.47 Å². The number of rotatable bonds is 3. The number of ether oxygens (including phenoxy) is 2. The highest BCUT2D eigenvalue weighted by Crippen LogP contribution is 2.10. The first kappa shape index (κ1) is 9.24. The van der Waals surface area contributed by atoms with Crippen molar-refractivity contribution in [1.29, 1.82) is 0 Å². The van der Waals surface area contributed by atoms with Crippen LogP contribution in [0.1, 0.15) is 0 Å². The number of urea groups is 1. The Balaban J connectivity index is 2.57. The average Bonchev–Trinajstić information content (AvgIpc) is 2.38. The monoisotopic (exact) mass is 176 g/mol. The Morgan fingerprint density at radius 3 is 2.33 bits per heavy atom.